The molecule has 1 aliphatic heterocycles. The number of hydrogen-bond donors (Lipinski definition) is 1. The molecule has 1 aliphatic rings. The average Bonchev–Trinajstić information content (AvgIpc) is 2.58. The fourth-order valence-electron chi connectivity index (χ4n) is 2.82. The van der Waals surface area contributed by atoms with Gasteiger partial charge in [-0.25, -0.2) is 9.97 Å². The van der Waals surface area contributed by atoms with Crippen LogP contribution in [0.4, 0.5) is 11.5 Å². The first kappa shape index (κ1) is 16.9. The summed E-state index contributed by atoms with van der Waals surface area (Å²) in [5.74, 6) is 1.22. The highest BCUT2D eigenvalue weighted by molar-refractivity contribution is 9.10. The molecule has 1 saturated heterocycles. The molecule has 2 aromatic rings. The van der Waals surface area contributed by atoms with Gasteiger partial charge in [0.15, 0.2) is 0 Å². The summed E-state index contributed by atoms with van der Waals surface area (Å²) in [5, 5.41) is 3.26. The maximum absolute atomic E-state index is 12.7. The summed E-state index contributed by atoms with van der Waals surface area (Å²) in [7, 11) is 0. The predicted octanol–water partition coefficient (Wildman–Crippen LogP) is 4.23. The number of nitrogens with one attached hydrogen (secondary N) is 1. The van der Waals surface area contributed by atoms with E-state index in [1.165, 1.54) is 12.0 Å². The summed E-state index contributed by atoms with van der Waals surface area (Å²) >= 11 is 3.53. The summed E-state index contributed by atoms with van der Waals surface area (Å²) in [6.07, 6.45) is 3.33. The van der Waals surface area contributed by atoms with Crippen molar-refractivity contribution in [2.24, 2.45) is 0 Å². The Hall–Kier alpha value is -1.95. The Bertz CT molecular complexity index is 757. The third kappa shape index (κ3) is 3.93. The summed E-state index contributed by atoms with van der Waals surface area (Å²) in [5.41, 5.74) is 2.54. The Morgan fingerprint density at radius 1 is 1.12 bits per heavy atom. The zero-order chi connectivity index (χ0) is 17.1. The second-order valence-corrected chi connectivity index (χ2v) is 6.98. The lowest BCUT2D eigenvalue weighted by atomic mass is 10.1. The van der Waals surface area contributed by atoms with Crippen molar-refractivity contribution in [2.75, 3.05) is 18.4 Å². The minimum atomic E-state index is -0.00617. The Morgan fingerprint density at radius 2 is 1.88 bits per heavy atom. The Balaban J connectivity index is 1.82. The highest BCUT2D eigenvalue weighted by Gasteiger charge is 2.20. The molecule has 1 N–H and O–H groups in total. The van der Waals surface area contributed by atoms with Crippen molar-refractivity contribution in [3.63, 3.8) is 0 Å². The Labute approximate surface area is 150 Å². The van der Waals surface area contributed by atoms with Crippen molar-refractivity contribution in [3.8, 4) is 0 Å². The predicted molar refractivity (Wildman–Crippen MR) is 98.7 cm³/mol. The molecule has 3 rings (SSSR count). The SMILES string of the molecule is Cc1nc(Nc2ccc(C)c(Br)c2)cc(C(=O)N2CCCCC2)n1. The lowest BCUT2D eigenvalue weighted by Crippen LogP contribution is -2.36. The molecule has 1 aromatic heterocycles. The van der Waals surface area contributed by atoms with E-state index in [1.807, 2.05) is 36.9 Å². The quantitative estimate of drug-likeness (QED) is 0.854. The third-order valence-electron chi connectivity index (χ3n) is 4.14. The molecule has 0 atom stereocenters. The van der Waals surface area contributed by atoms with E-state index < -0.39 is 0 Å². The van der Waals surface area contributed by atoms with Crippen LogP contribution in [0.15, 0.2) is 28.7 Å². The minimum Gasteiger partial charge on any atom is -0.340 e. The number of nitrogens with zero attached hydrogens (tertiary/aromatic N) is 3. The molecule has 2 heterocycles. The first-order chi connectivity index (χ1) is 11.5. The molecule has 6 heteroatoms. The summed E-state index contributed by atoms with van der Waals surface area (Å²) in [4.78, 5) is 23.3. The summed E-state index contributed by atoms with van der Waals surface area (Å²) in [6.45, 7) is 5.48. The van der Waals surface area contributed by atoms with E-state index in [-0.39, 0.29) is 5.91 Å². The van der Waals surface area contributed by atoms with Crippen LogP contribution in [0.1, 0.15) is 41.1 Å². The van der Waals surface area contributed by atoms with Crippen molar-refractivity contribution in [3.05, 3.63) is 45.8 Å². The highest BCUT2D eigenvalue weighted by Crippen LogP contribution is 2.23. The largest absolute Gasteiger partial charge is 0.340 e. The average molecular weight is 389 g/mol. The standard InChI is InChI=1S/C18H21BrN4O/c1-12-6-7-14(10-15(12)19)22-17-11-16(20-13(2)21-17)18(24)23-8-4-3-5-9-23/h6-7,10-11H,3-5,8-9H2,1-2H3,(H,20,21,22). The second-order valence-electron chi connectivity index (χ2n) is 6.13. The van der Waals surface area contributed by atoms with Gasteiger partial charge in [0.25, 0.3) is 5.91 Å². The number of likely N-dealkylation sites (tertiary alicyclic amines) is 1. The van der Waals surface area contributed by atoms with Gasteiger partial charge in [0, 0.05) is 29.3 Å². The molecular formula is C18H21BrN4O. The maximum atomic E-state index is 12.7. The van der Waals surface area contributed by atoms with Crippen molar-refractivity contribution in [1.29, 1.82) is 0 Å². The number of aromatic nitrogens is 2. The number of halogens is 1. The number of anilines is 2. The molecule has 0 unspecified atom stereocenters. The van der Waals surface area contributed by atoms with E-state index in [0.717, 1.165) is 36.1 Å². The minimum absolute atomic E-state index is 0.00617. The van der Waals surface area contributed by atoms with Gasteiger partial charge in [-0.05, 0) is 50.8 Å². The molecule has 0 radical (unpaired) electrons. The fraction of sp³-hybridized carbons (Fsp3) is 0.389. The molecule has 126 valence electrons. The van der Waals surface area contributed by atoms with E-state index in [1.54, 1.807) is 6.07 Å². The van der Waals surface area contributed by atoms with Crippen LogP contribution in [0.3, 0.4) is 0 Å². The van der Waals surface area contributed by atoms with E-state index in [0.29, 0.717) is 17.3 Å². The number of aryl methyl sites for hydroxylation is 2. The molecule has 24 heavy (non-hydrogen) atoms. The zero-order valence-electron chi connectivity index (χ0n) is 14.0. The van der Waals surface area contributed by atoms with Gasteiger partial charge in [-0.2, -0.15) is 0 Å². The summed E-state index contributed by atoms with van der Waals surface area (Å²) < 4.78 is 1.03. The van der Waals surface area contributed by atoms with Gasteiger partial charge >= 0.3 is 0 Å². The van der Waals surface area contributed by atoms with Crippen LogP contribution in [0.2, 0.25) is 0 Å². The van der Waals surface area contributed by atoms with Crippen LogP contribution >= 0.6 is 15.9 Å². The normalized spacial score (nSPS) is 14.5. The molecule has 0 aliphatic carbocycles. The van der Waals surface area contributed by atoms with Gasteiger partial charge in [-0.3, -0.25) is 4.79 Å². The van der Waals surface area contributed by atoms with E-state index in [2.05, 4.69) is 31.2 Å². The first-order valence-electron chi connectivity index (χ1n) is 8.21. The second kappa shape index (κ2) is 7.30. The molecular weight excluding hydrogens is 368 g/mol. The van der Waals surface area contributed by atoms with Gasteiger partial charge in [0.05, 0.1) is 0 Å². The van der Waals surface area contributed by atoms with Crippen LogP contribution in [-0.4, -0.2) is 33.9 Å². The molecule has 5 nitrogen and oxygen atoms in total. The lowest BCUT2D eigenvalue weighted by Gasteiger charge is -2.26. The monoisotopic (exact) mass is 388 g/mol. The number of benzene rings is 1. The van der Waals surface area contributed by atoms with Gasteiger partial charge in [-0.15, -0.1) is 0 Å². The van der Waals surface area contributed by atoms with E-state index >= 15 is 0 Å². The van der Waals surface area contributed by atoms with E-state index in [9.17, 15) is 4.79 Å². The number of carbonyl (C=O) groups excluding carboxylic acids is 1. The number of hydrogen-bond acceptors (Lipinski definition) is 4. The number of rotatable bonds is 3. The van der Waals surface area contributed by atoms with Crippen LogP contribution < -0.4 is 5.32 Å². The topological polar surface area (TPSA) is 58.1 Å². The van der Waals surface area contributed by atoms with Crippen LogP contribution in [0.5, 0.6) is 0 Å². The van der Waals surface area contributed by atoms with Gasteiger partial charge in [0.2, 0.25) is 0 Å². The van der Waals surface area contributed by atoms with Crippen molar-refractivity contribution in [1.82, 2.24) is 14.9 Å². The summed E-state index contributed by atoms with van der Waals surface area (Å²) in [6, 6.07) is 7.75. The van der Waals surface area contributed by atoms with Crippen molar-refractivity contribution < 1.29 is 4.79 Å². The maximum Gasteiger partial charge on any atom is 0.272 e. The van der Waals surface area contributed by atoms with Gasteiger partial charge in [-0.1, -0.05) is 22.0 Å². The van der Waals surface area contributed by atoms with Crippen LogP contribution in [0, 0.1) is 13.8 Å². The molecule has 0 saturated carbocycles. The Kier molecular flexibility index (Phi) is 5.14. The van der Waals surface area contributed by atoms with Crippen LogP contribution in [0.25, 0.3) is 0 Å². The van der Waals surface area contributed by atoms with Crippen LogP contribution in [-0.2, 0) is 0 Å². The number of carbonyl (C=O) groups is 1. The van der Waals surface area contributed by atoms with Crippen molar-refractivity contribution >= 4 is 33.3 Å². The molecule has 1 fully saturated rings. The third-order valence-corrected chi connectivity index (χ3v) is 5.00. The zero-order valence-corrected chi connectivity index (χ0v) is 15.6. The molecule has 1 amide bonds. The molecule has 1 aromatic carbocycles. The number of piperidine rings is 1. The van der Waals surface area contributed by atoms with Crippen molar-refractivity contribution in [2.45, 2.75) is 33.1 Å². The number of amides is 1. The smallest absolute Gasteiger partial charge is 0.272 e. The molecule has 0 spiro atoms. The van der Waals surface area contributed by atoms with Gasteiger partial charge < -0.3 is 10.2 Å². The van der Waals surface area contributed by atoms with Gasteiger partial charge in [0.1, 0.15) is 17.3 Å². The molecule has 0 bridgehead atoms. The lowest BCUT2D eigenvalue weighted by molar-refractivity contribution is 0.0718. The van der Waals surface area contributed by atoms with E-state index in [4.69, 9.17) is 0 Å². The Morgan fingerprint density at radius 3 is 2.58 bits per heavy atom. The first-order valence-corrected chi connectivity index (χ1v) is 9.00. The fourth-order valence-corrected chi connectivity index (χ4v) is 3.20. The highest BCUT2D eigenvalue weighted by atomic mass is 79.9.